The molecule has 0 aromatic carbocycles. The van der Waals surface area contributed by atoms with Crippen LogP contribution in [0.15, 0.2) is 0 Å². The lowest BCUT2D eigenvalue weighted by molar-refractivity contribution is 0.156. The molecule has 0 heterocycles. The van der Waals surface area contributed by atoms with Crippen molar-refractivity contribution in [1.82, 2.24) is 0 Å². The Labute approximate surface area is 91.7 Å². The van der Waals surface area contributed by atoms with Crippen molar-refractivity contribution in [3.05, 3.63) is 0 Å². The molecule has 2 fully saturated rings. The summed E-state index contributed by atoms with van der Waals surface area (Å²) in [5.74, 6) is 1.85. The summed E-state index contributed by atoms with van der Waals surface area (Å²) >= 11 is 2.00. The van der Waals surface area contributed by atoms with Gasteiger partial charge in [-0.3, -0.25) is 0 Å². The number of hydrogen-bond donors (Lipinski definition) is 1. The zero-order valence-electron chi connectivity index (χ0n) is 9.55. The Hall–Kier alpha value is 0.310. The smallest absolute Gasteiger partial charge is 0.0521 e. The molecule has 2 saturated carbocycles. The molecule has 2 rings (SSSR count). The number of hydrogen-bond acceptors (Lipinski definition) is 2. The minimum Gasteiger partial charge on any atom is -0.396 e. The third-order valence-electron chi connectivity index (χ3n) is 5.12. The minimum absolute atomic E-state index is 0.336. The van der Waals surface area contributed by atoms with E-state index in [0.717, 1.165) is 16.9 Å². The van der Waals surface area contributed by atoms with Crippen LogP contribution in [-0.4, -0.2) is 22.7 Å². The van der Waals surface area contributed by atoms with Crippen LogP contribution in [0, 0.1) is 16.7 Å². The predicted molar refractivity (Wildman–Crippen MR) is 62.6 cm³/mol. The molecular formula is C12H22OS. The molecule has 0 spiro atoms. The van der Waals surface area contributed by atoms with Crippen LogP contribution in [0.5, 0.6) is 0 Å². The number of rotatable bonds is 3. The van der Waals surface area contributed by atoms with E-state index in [1.807, 2.05) is 11.8 Å². The number of aliphatic hydroxyl groups is 1. The van der Waals surface area contributed by atoms with Gasteiger partial charge in [-0.15, -0.1) is 0 Å². The van der Waals surface area contributed by atoms with Gasteiger partial charge in [-0.05, 0) is 36.0 Å². The molecule has 2 aliphatic carbocycles. The highest BCUT2D eigenvalue weighted by molar-refractivity contribution is 7.99. The lowest BCUT2D eigenvalue weighted by atomic mass is 9.71. The first kappa shape index (κ1) is 10.8. The second kappa shape index (κ2) is 3.41. The average molecular weight is 214 g/mol. The van der Waals surface area contributed by atoms with Crippen LogP contribution in [-0.2, 0) is 0 Å². The lowest BCUT2D eigenvalue weighted by Gasteiger charge is -2.39. The van der Waals surface area contributed by atoms with Crippen LogP contribution in [0.1, 0.15) is 40.0 Å². The Balaban J connectivity index is 2.11. The second-order valence-corrected chi connectivity index (χ2v) is 7.00. The van der Waals surface area contributed by atoms with Crippen molar-refractivity contribution in [1.29, 1.82) is 0 Å². The number of aliphatic hydroxyl groups excluding tert-OH is 1. The van der Waals surface area contributed by atoms with E-state index in [-0.39, 0.29) is 0 Å². The van der Waals surface area contributed by atoms with Crippen LogP contribution >= 0.6 is 11.8 Å². The topological polar surface area (TPSA) is 20.2 Å². The van der Waals surface area contributed by atoms with E-state index in [1.165, 1.54) is 19.3 Å². The first-order valence-electron chi connectivity index (χ1n) is 5.75. The van der Waals surface area contributed by atoms with E-state index in [1.54, 1.807) is 0 Å². The van der Waals surface area contributed by atoms with Gasteiger partial charge in [0, 0.05) is 11.0 Å². The summed E-state index contributed by atoms with van der Waals surface area (Å²) < 4.78 is 0. The highest BCUT2D eigenvalue weighted by atomic mass is 32.2. The summed E-state index contributed by atoms with van der Waals surface area (Å²) in [6.45, 7) is 7.70. The second-order valence-electron chi connectivity index (χ2n) is 5.69. The zero-order chi connectivity index (χ0) is 10.4. The largest absolute Gasteiger partial charge is 0.396 e. The third-order valence-corrected chi connectivity index (χ3v) is 6.66. The molecule has 0 unspecified atom stereocenters. The first-order chi connectivity index (χ1) is 6.52. The Bertz CT molecular complexity index is 226. The predicted octanol–water partition coefficient (Wildman–Crippen LogP) is 2.93. The normalized spacial score (nSPS) is 44.6. The van der Waals surface area contributed by atoms with Crippen molar-refractivity contribution >= 4 is 11.8 Å². The molecule has 1 nitrogen and oxygen atoms in total. The van der Waals surface area contributed by atoms with E-state index in [4.69, 9.17) is 5.11 Å². The van der Waals surface area contributed by atoms with Gasteiger partial charge in [-0.25, -0.2) is 0 Å². The van der Waals surface area contributed by atoms with Gasteiger partial charge in [-0.2, -0.15) is 11.8 Å². The number of fused-ring (bicyclic) bond motifs is 2. The van der Waals surface area contributed by atoms with Crippen molar-refractivity contribution in [2.75, 3.05) is 12.4 Å². The Morgan fingerprint density at radius 2 is 2.07 bits per heavy atom. The first-order valence-corrected chi connectivity index (χ1v) is 6.80. The summed E-state index contributed by atoms with van der Waals surface area (Å²) in [5, 5.41) is 9.68. The maximum Gasteiger partial charge on any atom is 0.0521 e. The van der Waals surface area contributed by atoms with Gasteiger partial charge in [-0.1, -0.05) is 20.8 Å². The molecular weight excluding hydrogens is 192 g/mol. The van der Waals surface area contributed by atoms with E-state index in [0.29, 0.717) is 17.4 Å². The molecule has 14 heavy (non-hydrogen) atoms. The summed E-state index contributed by atoms with van der Waals surface area (Å²) in [6, 6.07) is 0. The highest BCUT2D eigenvalue weighted by Gasteiger charge is 2.61. The fourth-order valence-corrected chi connectivity index (χ4v) is 5.13. The molecule has 2 heteroatoms. The van der Waals surface area contributed by atoms with Crippen LogP contribution in [0.2, 0.25) is 0 Å². The van der Waals surface area contributed by atoms with Crippen molar-refractivity contribution in [2.24, 2.45) is 16.7 Å². The molecule has 2 bridgehead atoms. The molecule has 82 valence electrons. The fraction of sp³-hybridized carbons (Fsp3) is 1.00. The van der Waals surface area contributed by atoms with Crippen molar-refractivity contribution < 1.29 is 5.11 Å². The molecule has 0 saturated heterocycles. The van der Waals surface area contributed by atoms with Crippen LogP contribution in [0.3, 0.4) is 0 Å². The van der Waals surface area contributed by atoms with Gasteiger partial charge in [0.1, 0.15) is 0 Å². The highest BCUT2D eigenvalue weighted by Crippen LogP contribution is 2.68. The van der Waals surface area contributed by atoms with Crippen molar-refractivity contribution in [3.8, 4) is 0 Å². The monoisotopic (exact) mass is 214 g/mol. The van der Waals surface area contributed by atoms with Crippen molar-refractivity contribution in [2.45, 2.75) is 45.3 Å². The molecule has 0 aromatic rings. The minimum atomic E-state index is 0.336. The van der Waals surface area contributed by atoms with Crippen LogP contribution < -0.4 is 0 Å². The number of thioether (sulfide) groups is 1. The van der Waals surface area contributed by atoms with Gasteiger partial charge in [0.25, 0.3) is 0 Å². The molecule has 0 amide bonds. The van der Waals surface area contributed by atoms with Gasteiger partial charge in [0.15, 0.2) is 0 Å². The third kappa shape index (κ3) is 1.26. The maximum atomic E-state index is 8.89. The van der Waals surface area contributed by atoms with Gasteiger partial charge in [0.2, 0.25) is 0 Å². The standard InChI is InChI=1S/C12H22OS/c1-11(2)9-4-5-12(11,3)10(8-9)14-7-6-13/h9-10,13H,4-8H2,1-3H3/t9-,10-,12-/m0/s1. The molecule has 3 atom stereocenters. The molecule has 1 N–H and O–H groups in total. The summed E-state index contributed by atoms with van der Waals surface area (Å²) in [7, 11) is 0. The SMILES string of the molecule is CC1(C)[C@H]2CC[C@@]1(C)[C@@H](SCCO)C2. The summed E-state index contributed by atoms with van der Waals surface area (Å²) in [4.78, 5) is 0. The van der Waals surface area contributed by atoms with E-state index in [2.05, 4.69) is 20.8 Å². The van der Waals surface area contributed by atoms with Gasteiger partial charge in [0.05, 0.1) is 6.61 Å². The van der Waals surface area contributed by atoms with Crippen molar-refractivity contribution in [3.63, 3.8) is 0 Å². The van der Waals surface area contributed by atoms with E-state index in [9.17, 15) is 0 Å². The summed E-state index contributed by atoms with van der Waals surface area (Å²) in [6.07, 6.45) is 4.21. The Morgan fingerprint density at radius 1 is 1.36 bits per heavy atom. The van der Waals surface area contributed by atoms with Crippen LogP contribution in [0.25, 0.3) is 0 Å². The summed E-state index contributed by atoms with van der Waals surface area (Å²) in [5.41, 5.74) is 1.05. The molecule has 0 aliphatic heterocycles. The zero-order valence-corrected chi connectivity index (χ0v) is 10.4. The average Bonchev–Trinajstić information content (AvgIpc) is 2.46. The quantitative estimate of drug-likeness (QED) is 0.779. The van der Waals surface area contributed by atoms with Gasteiger partial charge < -0.3 is 5.11 Å². The van der Waals surface area contributed by atoms with Crippen LogP contribution in [0.4, 0.5) is 0 Å². The Morgan fingerprint density at radius 3 is 2.50 bits per heavy atom. The molecule has 0 aromatic heterocycles. The molecule has 0 radical (unpaired) electrons. The molecule has 2 aliphatic rings. The van der Waals surface area contributed by atoms with E-state index >= 15 is 0 Å². The fourth-order valence-electron chi connectivity index (χ4n) is 3.58. The van der Waals surface area contributed by atoms with E-state index < -0.39 is 0 Å². The Kier molecular flexibility index (Phi) is 2.64. The maximum absolute atomic E-state index is 8.89. The lowest BCUT2D eigenvalue weighted by Crippen LogP contribution is -2.34. The van der Waals surface area contributed by atoms with Gasteiger partial charge >= 0.3 is 0 Å².